The van der Waals surface area contributed by atoms with Gasteiger partial charge >= 0.3 is 6.09 Å². The largest absolute Gasteiger partial charge is 0.445 e. The van der Waals surface area contributed by atoms with E-state index in [1.165, 1.54) is 0 Å². The van der Waals surface area contributed by atoms with Crippen LogP contribution in [0.3, 0.4) is 0 Å². The number of rotatable bonds is 14. The van der Waals surface area contributed by atoms with Crippen LogP contribution in [0, 0.1) is 5.92 Å². The molecule has 0 aliphatic rings. The first-order valence-corrected chi connectivity index (χ1v) is 13.7. The zero-order valence-corrected chi connectivity index (χ0v) is 23.4. The van der Waals surface area contributed by atoms with Gasteiger partial charge in [0.2, 0.25) is 17.7 Å². The maximum Gasteiger partial charge on any atom is 0.408 e. The number of nitrogens with one attached hydrogen (secondary N) is 3. The van der Waals surface area contributed by atoms with Crippen LogP contribution in [0.5, 0.6) is 0 Å². The van der Waals surface area contributed by atoms with Crippen LogP contribution < -0.4 is 21.7 Å². The number of amides is 4. The van der Waals surface area contributed by atoms with Gasteiger partial charge in [-0.3, -0.25) is 14.4 Å². The molecule has 0 saturated carbocycles. The molecule has 0 radical (unpaired) electrons. The van der Waals surface area contributed by atoms with Crippen molar-refractivity contribution in [1.29, 1.82) is 0 Å². The van der Waals surface area contributed by atoms with E-state index in [-0.39, 0.29) is 25.4 Å². The van der Waals surface area contributed by atoms with Crippen LogP contribution in [0.2, 0.25) is 0 Å². The van der Waals surface area contributed by atoms with E-state index in [9.17, 15) is 19.2 Å². The lowest BCUT2D eigenvalue weighted by molar-refractivity contribution is -0.132. The summed E-state index contributed by atoms with van der Waals surface area (Å²) in [5, 5.41) is 8.13. The topological polar surface area (TPSA) is 140 Å². The van der Waals surface area contributed by atoms with Crippen LogP contribution in [0.1, 0.15) is 37.0 Å². The van der Waals surface area contributed by atoms with E-state index in [0.29, 0.717) is 6.42 Å². The molecule has 9 nitrogen and oxygen atoms in total. The molecule has 0 aliphatic carbocycles. The normalized spacial score (nSPS) is 13.0. The number of alkyl carbamates (subject to hydrolysis) is 1. The number of nitrogens with two attached hydrogens (primary N) is 1. The summed E-state index contributed by atoms with van der Waals surface area (Å²) in [5.41, 5.74) is 8.06. The van der Waals surface area contributed by atoms with Crippen molar-refractivity contribution in [2.24, 2.45) is 11.7 Å². The summed E-state index contributed by atoms with van der Waals surface area (Å²) in [7, 11) is 0. The van der Waals surface area contributed by atoms with Crippen molar-refractivity contribution in [2.75, 3.05) is 0 Å². The summed E-state index contributed by atoms with van der Waals surface area (Å²) >= 11 is 0. The Morgan fingerprint density at radius 3 is 1.56 bits per heavy atom. The molecule has 5 N–H and O–H groups in total. The van der Waals surface area contributed by atoms with Crippen LogP contribution in [-0.2, 0) is 38.6 Å². The molecule has 216 valence electrons. The Kier molecular flexibility index (Phi) is 11.9. The quantitative estimate of drug-likeness (QED) is 0.241. The lowest BCUT2D eigenvalue weighted by atomic mass is 10.0. The zero-order valence-electron chi connectivity index (χ0n) is 23.4. The highest BCUT2D eigenvalue weighted by Crippen LogP contribution is 2.10. The van der Waals surface area contributed by atoms with Gasteiger partial charge in [-0.05, 0) is 29.0 Å². The number of primary amides is 1. The van der Waals surface area contributed by atoms with E-state index in [4.69, 9.17) is 10.5 Å². The highest BCUT2D eigenvalue weighted by molar-refractivity contribution is 5.93. The molecule has 3 rings (SSSR count). The van der Waals surface area contributed by atoms with Crippen molar-refractivity contribution in [3.63, 3.8) is 0 Å². The monoisotopic (exact) mass is 558 g/mol. The van der Waals surface area contributed by atoms with Crippen LogP contribution in [0.25, 0.3) is 0 Å². The van der Waals surface area contributed by atoms with Crippen LogP contribution in [-0.4, -0.2) is 41.9 Å². The predicted octanol–water partition coefficient (Wildman–Crippen LogP) is 3.27. The Balaban J connectivity index is 1.73. The van der Waals surface area contributed by atoms with E-state index in [2.05, 4.69) is 16.0 Å². The minimum absolute atomic E-state index is 0.0532. The first kappa shape index (κ1) is 30.9. The molecule has 3 atom stereocenters. The summed E-state index contributed by atoms with van der Waals surface area (Å²) in [4.78, 5) is 51.7. The minimum atomic E-state index is -1.03. The molecule has 0 bridgehead atoms. The number of benzene rings is 3. The molecule has 0 heterocycles. The van der Waals surface area contributed by atoms with Crippen LogP contribution >= 0.6 is 0 Å². The standard InChI is InChI=1S/C32H38N4O5/c1-22(2)18-27(36-32(40)41-21-25-16-10-5-11-17-25)30(38)35-28(20-24-14-8-4-9-15-24)31(39)34-26(29(33)37)19-23-12-6-3-7-13-23/h3-17,22,26-28H,18-21H2,1-2H3,(H2,33,37)(H,34,39)(H,35,38)(H,36,40). The summed E-state index contributed by atoms with van der Waals surface area (Å²) < 4.78 is 5.31. The number of hydrogen-bond acceptors (Lipinski definition) is 5. The molecule has 9 heteroatoms. The molecule has 0 saturated heterocycles. The van der Waals surface area contributed by atoms with Gasteiger partial charge in [0.1, 0.15) is 24.7 Å². The van der Waals surface area contributed by atoms with E-state index in [1.807, 2.05) is 105 Å². The van der Waals surface area contributed by atoms with E-state index >= 15 is 0 Å². The van der Waals surface area contributed by atoms with Crippen molar-refractivity contribution in [3.05, 3.63) is 108 Å². The van der Waals surface area contributed by atoms with Gasteiger partial charge in [0.25, 0.3) is 0 Å². The van der Waals surface area contributed by atoms with E-state index in [0.717, 1.165) is 16.7 Å². The van der Waals surface area contributed by atoms with Gasteiger partial charge in [0, 0.05) is 12.8 Å². The Hall–Kier alpha value is -4.66. The molecule has 3 unspecified atom stereocenters. The molecular weight excluding hydrogens is 520 g/mol. The lowest BCUT2D eigenvalue weighted by Gasteiger charge is -2.25. The summed E-state index contributed by atoms with van der Waals surface area (Å²) in [6.45, 7) is 3.90. The van der Waals surface area contributed by atoms with Gasteiger partial charge in [0.05, 0.1) is 0 Å². The van der Waals surface area contributed by atoms with Crippen molar-refractivity contribution in [3.8, 4) is 0 Å². The third-order valence-electron chi connectivity index (χ3n) is 6.39. The Morgan fingerprint density at radius 2 is 1.07 bits per heavy atom. The Labute approximate surface area is 240 Å². The van der Waals surface area contributed by atoms with Gasteiger partial charge in [-0.25, -0.2) is 4.79 Å². The number of hydrogen-bond donors (Lipinski definition) is 4. The average molecular weight is 559 g/mol. The molecule has 41 heavy (non-hydrogen) atoms. The minimum Gasteiger partial charge on any atom is -0.445 e. The van der Waals surface area contributed by atoms with Crippen LogP contribution in [0.4, 0.5) is 4.79 Å². The molecule has 3 aromatic carbocycles. The average Bonchev–Trinajstić information content (AvgIpc) is 2.96. The second-order valence-corrected chi connectivity index (χ2v) is 10.3. The van der Waals surface area contributed by atoms with Gasteiger partial charge in [-0.2, -0.15) is 0 Å². The second-order valence-electron chi connectivity index (χ2n) is 10.3. The van der Waals surface area contributed by atoms with E-state index < -0.39 is 41.9 Å². The Bertz CT molecular complexity index is 1270. The maximum atomic E-state index is 13.5. The summed E-state index contributed by atoms with van der Waals surface area (Å²) in [6.07, 6.45) is -0.0413. The first-order valence-electron chi connectivity index (χ1n) is 13.7. The Morgan fingerprint density at radius 1 is 0.634 bits per heavy atom. The predicted molar refractivity (Wildman–Crippen MR) is 156 cm³/mol. The third kappa shape index (κ3) is 10.8. The van der Waals surface area contributed by atoms with Crippen molar-refractivity contribution in [2.45, 2.75) is 57.8 Å². The molecule has 0 spiro atoms. The number of carbonyl (C=O) groups is 4. The fraction of sp³-hybridized carbons (Fsp3) is 0.312. The fourth-order valence-corrected chi connectivity index (χ4v) is 4.29. The van der Waals surface area contributed by atoms with Crippen molar-refractivity contribution in [1.82, 2.24) is 16.0 Å². The molecule has 4 amide bonds. The van der Waals surface area contributed by atoms with E-state index in [1.54, 1.807) is 0 Å². The second kappa shape index (κ2) is 15.8. The highest BCUT2D eigenvalue weighted by atomic mass is 16.5. The smallest absolute Gasteiger partial charge is 0.408 e. The molecule has 0 aromatic heterocycles. The third-order valence-corrected chi connectivity index (χ3v) is 6.39. The summed E-state index contributed by atoms with van der Waals surface area (Å²) in [6, 6.07) is 24.6. The SMILES string of the molecule is CC(C)CC(NC(=O)OCc1ccccc1)C(=O)NC(Cc1ccccc1)C(=O)NC(Cc1ccccc1)C(N)=O. The van der Waals surface area contributed by atoms with Gasteiger partial charge < -0.3 is 26.4 Å². The number of carbonyl (C=O) groups excluding carboxylic acids is 4. The highest BCUT2D eigenvalue weighted by Gasteiger charge is 2.30. The van der Waals surface area contributed by atoms with Crippen molar-refractivity contribution >= 4 is 23.8 Å². The molecule has 3 aromatic rings. The lowest BCUT2D eigenvalue weighted by Crippen LogP contribution is -2.57. The summed E-state index contributed by atoms with van der Waals surface area (Å²) in [5.74, 6) is -1.72. The van der Waals surface area contributed by atoms with Crippen molar-refractivity contribution < 1.29 is 23.9 Å². The number of ether oxygens (including phenoxy) is 1. The van der Waals surface area contributed by atoms with Crippen LogP contribution in [0.15, 0.2) is 91.0 Å². The van der Waals surface area contributed by atoms with Gasteiger partial charge in [0.15, 0.2) is 0 Å². The van der Waals surface area contributed by atoms with Gasteiger partial charge in [-0.1, -0.05) is 105 Å². The zero-order chi connectivity index (χ0) is 29.6. The fourth-order valence-electron chi connectivity index (χ4n) is 4.29. The first-order chi connectivity index (χ1) is 19.7. The molecule has 0 aliphatic heterocycles. The molecule has 0 fully saturated rings. The molecular formula is C32H38N4O5. The van der Waals surface area contributed by atoms with Gasteiger partial charge in [-0.15, -0.1) is 0 Å². The maximum absolute atomic E-state index is 13.5.